The van der Waals surface area contributed by atoms with Gasteiger partial charge in [0.25, 0.3) is 5.69 Å². The first kappa shape index (κ1) is 17.5. The number of nitrogens with two attached hydrogens (primary N) is 1. The van der Waals surface area contributed by atoms with Crippen LogP contribution >= 0.6 is 12.2 Å². The molecule has 0 saturated carbocycles. The van der Waals surface area contributed by atoms with E-state index in [1.165, 1.54) is 31.2 Å². The zero-order valence-electron chi connectivity index (χ0n) is 11.6. The fourth-order valence-corrected chi connectivity index (χ4v) is 1.70. The fraction of sp³-hybridized carbons (Fsp3) is 0.250. The topological polar surface area (TPSA) is 143 Å². The maximum absolute atomic E-state index is 11.2. The molecule has 1 amide bonds. The lowest BCUT2D eigenvalue weighted by atomic mass is 10.0. The summed E-state index contributed by atoms with van der Waals surface area (Å²) in [7, 11) is 0. The van der Waals surface area contributed by atoms with Crippen molar-refractivity contribution < 1.29 is 14.8 Å². The number of thiocarbonyl (C=S) groups is 1. The number of nitrogens with zero attached hydrogens (tertiary/aromatic N) is 2. The first-order chi connectivity index (χ1) is 10.3. The SMILES string of the molecule is CC(=O)NC(CO)/C(=N\NC(N)=S)c1ccc([N+](=O)[O-])cc1. The summed E-state index contributed by atoms with van der Waals surface area (Å²) >= 11 is 4.65. The second-order valence-electron chi connectivity index (χ2n) is 4.21. The number of carbonyl (C=O) groups excluding carboxylic acids is 1. The Morgan fingerprint density at radius 2 is 2.09 bits per heavy atom. The fourth-order valence-electron chi connectivity index (χ4n) is 1.66. The van der Waals surface area contributed by atoms with Crippen molar-refractivity contribution in [1.29, 1.82) is 0 Å². The minimum atomic E-state index is -0.819. The van der Waals surface area contributed by atoms with Gasteiger partial charge < -0.3 is 16.2 Å². The third kappa shape index (κ3) is 5.07. The molecule has 0 aliphatic rings. The summed E-state index contributed by atoms with van der Waals surface area (Å²) in [5.41, 5.74) is 8.27. The van der Waals surface area contributed by atoms with E-state index in [0.717, 1.165) is 0 Å². The molecule has 1 unspecified atom stereocenters. The molecule has 0 aliphatic heterocycles. The normalized spacial score (nSPS) is 12.4. The smallest absolute Gasteiger partial charge is 0.269 e. The number of hydrogen-bond acceptors (Lipinski definition) is 6. The molecule has 0 fully saturated rings. The van der Waals surface area contributed by atoms with E-state index in [-0.39, 0.29) is 22.4 Å². The van der Waals surface area contributed by atoms with Gasteiger partial charge in [0.15, 0.2) is 5.11 Å². The van der Waals surface area contributed by atoms with E-state index in [0.29, 0.717) is 5.56 Å². The van der Waals surface area contributed by atoms with Gasteiger partial charge in [-0.25, -0.2) is 0 Å². The highest BCUT2D eigenvalue weighted by molar-refractivity contribution is 7.80. The van der Waals surface area contributed by atoms with Crippen molar-refractivity contribution in [3.05, 3.63) is 39.9 Å². The lowest BCUT2D eigenvalue weighted by molar-refractivity contribution is -0.384. The van der Waals surface area contributed by atoms with Crippen molar-refractivity contribution in [1.82, 2.24) is 10.7 Å². The number of nitro groups is 1. The monoisotopic (exact) mass is 325 g/mol. The van der Waals surface area contributed by atoms with E-state index in [1.807, 2.05) is 0 Å². The van der Waals surface area contributed by atoms with Crippen molar-refractivity contribution in [3.63, 3.8) is 0 Å². The molecule has 0 spiro atoms. The van der Waals surface area contributed by atoms with Crippen LogP contribution < -0.4 is 16.5 Å². The molecule has 1 atom stereocenters. The predicted molar refractivity (Wildman–Crippen MR) is 84.2 cm³/mol. The summed E-state index contributed by atoms with van der Waals surface area (Å²) in [6.07, 6.45) is 0. The molecule has 5 N–H and O–H groups in total. The van der Waals surface area contributed by atoms with Crippen LogP contribution in [0.25, 0.3) is 0 Å². The maximum Gasteiger partial charge on any atom is 0.269 e. The van der Waals surface area contributed by atoms with Crippen molar-refractivity contribution in [2.45, 2.75) is 13.0 Å². The summed E-state index contributed by atoms with van der Waals surface area (Å²) in [6.45, 7) is 0.867. The van der Waals surface area contributed by atoms with Crippen LogP contribution in [-0.2, 0) is 4.79 Å². The van der Waals surface area contributed by atoms with E-state index < -0.39 is 17.6 Å². The third-order valence-corrected chi connectivity index (χ3v) is 2.64. The van der Waals surface area contributed by atoms with E-state index in [1.54, 1.807) is 0 Å². The van der Waals surface area contributed by atoms with Crippen LogP contribution in [-0.4, -0.2) is 39.4 Å². The number of nitro benzene ring substituents is 1. The highest BCUT2D eigenvalue weighted by Crippen LogP contribution is 2.14. The molecular formula is C12H15N5O4S. The van der Waals surface area contributed by atoms with E-state index >= 15 is 0 Å². The lowest BCUT2D eigenvalue weighted by Crippen LogP contribution is -2.44. The van der Waals surface area contributed by atoms with E-state index in [4.69, 9.17) is 5.73 Å². The van der Waals surface area contributed by atoms with E-state index in [9.17, 15) is 20.0 Å². The van der Waals surface area contributed by atoms with Crippen LogP contribution in [0.15, 0.2) is 29.4 Å². The molecule has 118 valence electrons. The van der Waals surface area contributed by atoms with Crippen LogP contribution in [0.3, 0.4) is 0 Å². The lowest BCUT2D eigenvalue weighted by Gasteiger charge is -2.18. The summed E-state index contributed by atoms with van der Waals surface area (Å²) in [5.74, 6) is -0.371. The largest absolute Gasteiger partial charge is 0.394 e. The van der Waals surface area contributed by atoms with Gasteiger partial charge >= 0.3 is 0 Å². The zero-order chi connectivity index (χ0) is 16.7. The Hall–Kier alpha value is -2.59. The Bertz CT molecular complexity index is 602. The maximum atomic E-state index is 11.2. The molecule has 1 aromatic carbocycles. The molecule has 0 heterocycles. The Morgan fingerprint density at radius 1 is 1.50 bits per heavy atom. The molecule has 10 heteroatoms. The number of aliphatic hydroxyl groups excluding tert-OH is 1. The number of aliphatic hydroxyl groups is 1. The zero-order valence-corrected chi connectivity index (χ0v) is 12.5. The van der Waals surface area contributed by atoms with Gasteiger partial charge in [-0.05, 0) is 24.4 Å². The van der Waals surface area contributed by atoms with Crippen molar-refractivity contribution in [3.8, 4) is 0 Å². The van der Waals surface area contributed by atoms with Gasteiger partial charge in [-0.3, -0.25) is 20.3 Å². The van der Waals surface area contributed by atoms with Crippen LogP contribution in [0.4, 0.5) is 5.69 Å². The minimum Gasteiger partial charge on any atom is -0.394 e. The first-order valence-electron chi connectivity index (χ1n) is 6.11. The number of rotatable bonds is 6. The molecule has 0 aliphatic carbocycles. The average molecular weight is 325 g/mol. The Morgan fingerprint density at radius 3 is 2.50 bits per heavy atom. The highest BCUT2D eigenvalue weighted by atomic mass is 32.1. The Labute approximate surface area is 131 Å². The van der Waals surface area contributed by atoms with Crippen molar-refractivity contribution in [2.24, 2.45) is 10.8 Å². The third-order valence-electron chi connectivity index (χ3n) is 2.55. The van der Waals surface area contributed by atoms with Gasteiger partial charge in [-0.2, -0.15) is 5.10 Å². The average Bonchev–Trinajstić information content (AvgIpc) is 2.45. The van der Waals surface area contributed by atoms with Crippen molar-refractivity contribution >= 4 is 34.6 Å². The molecular weight excluding hydrogens is 310 g/mol. The number of benzene rings is 1. The molecule has 0 aromatic heterocycles. The van der Waals surface area contributed by atoms with E-state index in [2.05, 4.69) is 28.1 Å². The number of amides is 1. The molecule has 0 radical (unpaired) electrons. The summed E-state index contributed by atoms with van der Waals surface area (Å²) in [4.78, 5) is 21.3. The molecule has 0 bridgehead atoms. The van der Waals surface area contributed by atoms with Crippen molar-refractivity contribution in [2.75, 3.05) is 6.61 Å². The van der Waals surface area contributed by atoms with Gasteiger partial charge in [0.05, 0.1) is 23.3 Å². The quantitative estimate of drug-likeness (QED) is 0.242. The molecule has 22 heavy (non-hydrogen) atoms. The number of hydrogen-bond donors (Lipinski definition) is 4. The van der Waals surface area contributed by atoms with Gasteiger partial charge in [0.2, 0.25) is 5.91 Å². The van der Waals surface area contributed by atoms with Crippen LogP contribution in [0, 0.1) is 10.1 Å². The Kier molecular flexibility index (Phi) is 6.35. The molecule has 9 nitrogen and oxygen atoms in total. The van der Waals surface area contributed by atoms with Crippen LogP contribution in [0.1, 0.15) is 12.5 Å². The summed E-state index contributed by atoms with van der Waals surface area (Å²) in [6, 6.07) is 4.65. The second-order valence-corrected chi connectivity index (χ2v) is 4.65. The van der Waals surface area contributed by atoms with Gasteiger partial charge in [0.1, 0.15) is 0 Å². The van der Waals surface area contributed by atoms with Crippen LogP contribution in [0.5, 0.6) is 0 Å². The number of non-ortho nitro benzene ring substituents is 1. The standard InChI is InChI=1S/C12H15N5O4S/c1-7(19)14-10(6-18)11(15-16-12(13)22)8-2-4-9(5-3-8)17(20)21/h2-5,10,18H,6H2,1H3,(H,14,19)(H3,13,16,22)/b15-11-. The predicted octanol–water partition coefficient (Wildman–Crippen LogP) is -0.371. The number of carbonyl (C=O) groups is 1. The van der Waals surface area contributed by atoms with Gasteiger partial charge in [-0.15, -0.1) is 0 Å². The van der Waals surface area contributed by atoms with Gasteiger partial charge in [0, 0.05) is 24.6 Å². The minimum absolute atomic E-state index is 0.0921. The second kappa shape index (κ2) is 8.00. The first-order valence-corrected chi connectivity index (χ1v) is 6.51. The summed E-state index contributed by atoms with van der Waals surface area (Å²) < 4.78 is 0. The number of nitrogens with one attached hydrogen (secondary N) is 2. The molecule has 0 saturated heterocycles. The Balaban J connectivity index is 3.18. The van der Waals surface area contributed by atoms with Gasteiger partial charge in [-0.1, -0.05) is 0 Å². The number of hydrazone groups is 1. The molecule has 1 rings (SSSR count). The summed E-state index contributed by atoms with van der Waals surface area (Å²) in [5, 5.41) is 26.4. The van der Waals surface area contributed by atoms with Crippen LogP contribution in [0.2, 0.25) is 0 Å². The highest BCUT2D eigenvalue weighted by Gasteiger charge is 2.19. The molecule has 1 aromatic rings.